The summed E-state index contributed by atoms with van der Waals surface area (Å²) in [6, 6.07) is 4.54. The standard InChI is InChI=1S/C14H17ClFNO/c15-12-7-10(16)3-4-11(12)13-8-17-9-14(18-13)5-1-2-6-14/h3-4,7,13,17H,1-2,5-6,8-9H2. The van der Waals surface area contributed by atoms with Crippen molar-refractivity contribution >= 4 is 11.6 Å². The van der Waals surface area contributed by atoms with E-state index in [9.17, 15) is 4.39 Å². The van der Waals surface area contributed by atoms with E-state index >= 15 is 0 Å². The van der Waals surface area contributed by atoms with Crippen LogP contribution in [0.4, 0.5) is 4.39 Å². The number of morpholine rings is 1. The summed E-state index contributed by atoms with van der Waals surface area (Å²) in [5, 5.41) is 3.89. The van der Waals surface area contributed by atoms with E-state index in [1.54, 1.807) is 6.07 Å². The van der Waals surface area contributed by atoms with Crippen LogP contribution in [0.25, 0.3) is 0 Å². The topological polar surface area (TPSA) is 21.3 Å². The molecule has 1 aromatic carbocycles. The minimum absolute atomic E-state index is 0.0272. The summed E-state index contributed by atoms with van der Waals surface area (Å²) in [4.78, 5) is 0. The lowest BCUT2D eigenvalue weighted by Crippen LogP contribution is -2.49. The Hall–Kier alpha value is -0.640. The molecule has 1 saturated heterocycles. The molecular weight excluding hydrogens is 253 g/mol. The Morgan fingerprint density at radius 1 is 1.33 bits per heavy atom. The first-order chi connectivity index (χ1) is 8.69. The van der Waals surface area contributed by atoms with Crippen LogP contribution in [0.5, 0.6) is 0 Å². The fourth-order valence-corrected chi connectivity index (χ4v) is 3.36. The quantitative estimate of drug-likeness (QED) is 0.843. The summed E-state index contributed by atoms with van der Waals surface area (Å²) in [5.41, 5.74) is 0.859. The van der Waals surface area contributed by atoms with Crippen LogP contribution < -0.4 is 5.32 Å². The number of hydrogen-bond acceptors (Lipinski definition) is 2. The van der Waals surface area contributed by atoms with Gasteiger partial charge in [-0.05, 0) is 25.0 Å². The van der Waals surface area contributed by atoms with Gasteiger partial charge in [-0.1, -0.05) is 30.5 Å². The monoisotopic (exact) mass is 269 g/mol. The maximum absolute atomic E-state index is 13.1. The summed E-state index contributed by atoms with van der Waals surface area (Å²) in [6.07, 6.45) is 4.60. The van der Waals surface area contributed by atoms with Crippen molar-refractivity contribution in [3.05, 3.63) is 34.6 Å². The molecule has 1 spiro atoms. The second-order valence-electron chi connectivity index (χ2n) is 5.29. The molecule has 1 atom stereocenters. The molecule has 1 aromatic rings. The second kappa shape index (κ2) is 4.80. The van der Waals surface area contributed by atoms with Crippen molar-refractivity contribution in [3.63, 3.8) is 0 Å². The van der Waals surface area contributed by atoms with Crippen molar-refractivity contribution in [2.75, 3.05) is 13.1 Å². The molecule has 0 radical (unpaired) electrons. The fraction of sp³-hybridized carbons (Fsp3) is 0.571. The van der Waals surface area contributed by atoms with E-state index in [2.05, 4.69) is 5.32 Å². The predicted molar refractivity (Wildman–Crippen MR) is 69.3 cm³/mol. The zero-order chi connectivity index (χ0) is 12.6. The Labute approximate surface area is 111 Å². The number of ether oxygens (including phenoxy) is 1. The minimum Gasteiger partial charge on any atom is -0.364 e. The van der Waals surface area contributed by atoms with E-state index < -0.39 is 0 Å². The second-order valence-corrected chi connectivity index (χ2v) is 5.70. The molecule has 1 heterocycles. The SMILES string of the molecule is Fc1ccc(C2CNCC3(CCCC3)O2)c(Cl)c1. The zero-order valence-corrected chi connectivity index (χ0v) is 11.0. The van der Waals surface area contributed by atoms with E-state index in [1.807, 2.05) is 0 Å². The van der Waals surface area contributed by atoms with E-state index in [0.29, 0.717) is 5.02 Å². The van der Waals surface area contributed by atoms with Gasteiger partial charge in [0, 0.05) is 23.7 Å². The van der Waals surface area contributed by atoms with Crippen LogP contribution in [0.1, 0.15) is 37.4 Å². The van der Waals surface area contributed by atoms with Crippen molar-refractivity contribution < 1.29 is 9.13 Å². The Bertz CT molecular complexity index is 445. The molecule has 2 nitrogen and oxygen atoms in total. The van der Waals surface area contributed by atoms with Crippen LogP contribution in [-0.4, -0.2) is 18.7 Å². The number of halogens is 2. The Balaban J connectivity index is 1.83. The van der Waals surface area contributed by atoms with Crippen molar-refractivity contribution in [1.82, 2.24) is 5.32 Å². The Morgan fingerprint density at radius 3 is 2.83 bits per heavy atom. The predicted octanol–water partition coefficient (Wildman–Crippen LogP) is 3.45. The summed E-state index contributed by atoms with van der Waals surface area (Å²) < 4.78 is 19.3. The molecule has 98 valence electrons. The fourth-order valence-electron chi connectivity index (χ4n) is 3.07. The summed E-state index contributed by atoms with van der Waals surface area (Å²) in [5.74, 6) is -0.303. The lowest BCUT2D eigenvalue weighted by molar-refractivity contribution is -0.114. The molecule has 3 rings (SSSR count). The number of benzene rings is 1. The Kier molecular flexibility index (Phi) is 3.31. The molecule has 0 bridgehead atoms. The maximum atomic E-state index is 13.1. The highest BCUT2D eigenvalue weighted by Gasteiger charge is 2.40. The van der Waals surface area contributed by atoms with E-state index in [0.717, 1.165) is 31.5 Å². The van der Waals surface area contributed by atoms with E-state index in [1.165, 1.54) is 25.0 Å². The molecule has 18 heavy (non-hydrogen) atoms. The first kappa shape index (κ1) is 12.4. The average molecular weight is 270 g/mol. The zero-order valence-electron chi connectivity index (χ0n) is 10.2. The third kappa shape index (κ3) is 2.27. The molecule has 2 aliphatic rings. The van der Waals surface area contributed by atoms with Crippen LogP contribution >= 0.6 is 11.6 Å². The van der Waals surface area contributed by atoms with Gasteiger partial charge >= 0.3 is 0 Å². The minimum atomic E-state index is -0.303. The van der Waals surface area contributed by atoms with Crippen LogP contribution in [0, 0.1) is 5.82 Å². The van der Waals surface area contributed by atoms with Crippen molar-refractivity contribution in [2.24, 2.45) is 0 Å². The number of hydrogen-bond donors (Lipinski definition) is 1. The average Bonchev–Trinajstić information content (AvgIpc) is 2.77. The molecule has 4 heteroatoms. The summed E-state index contributed by atoms with van der Waals surface area (Å²) in [6.45, 7) is 1.66. The Morgan fingerprint density at radius 2 is 2.11 bits per heavy atom. The third-order valence-corrected chi connectivity index (χ3v) is 4.32. The van der Waals surface area contributed by atoms with Crippen LogP contribution in [0.15, 0.2) is 18.2 Å². The summed E-state index contributed by atoms with van der Waals surface area (Å²) >= 11 is 6.11. The molecule has 0 aromatic heterocycles. The van der Waals surface area contributed by atoms with Crippen molar-refractivity contribution in [1.29, 1.82) is 0 Å². The van der Waals surface area contributed by atoms with Gasteiger partial charge in [0.2, 0.25) is 0 Å². The van der Waals surface area contributed by atoms with Gasteiger partial charge in [-0.2, -0.15) is 0 Å². The van der Waals surface area contributed by atoms with Gasteiger partial charge in [-0.15, -0.1) is 0 Å². The molecule has 1 aliphatic carbocycles. The van der Waals surface area contributed by atoms with Crippen LogP contribution in [0.2, 0.25) is 5.02 Å². The molecule has 0 amide bonds. The molecule has 1 N–H and O–H groups in total. The van der Waals surface area contributed by atoms with Gasteiger partial charge in [-0.3, -0.25) is 0 Å². The molecule has 1 unspecified atom stereocenters. The van der Waals surface area contributed by atoms with Gasteiger partial charge in [0.1, 0.15) is 5.82 Å². The maximum Gasteiger partial charge on any atom is 0.124 e. The highest BCUT2D eigenvalue weighted by molar-refractivity contribution is 6.31. The van der Waals surface area contributed by atoms with E-state index in [4.69, 9.17) is 16.3 Å². The number of rotatable bonds is 1. The highest BCUT2D eigenvalue weighted by Crippen LogP contribution is 2.40. The highest BCUT2D eigenvalue weighted by atomic mass is 35.5. The van der Waals surface area contributed by atoms with Gasteiger partial charge in [-0.25, -0.2) is 4.39 Å². The molecule has 1 saturated carbocycles. The molecule has 2 fully saturated rings. The largest absolute Gasteiger partial charge is 0.364 e. The van der Waals surface area contributed by atoms with Gasteiger partial charge in [0.15, 0.2) is 0 Å². The van der Waals surface area contributed by atoms with E-state index in [-0.39, 0.29) is 17.5 Å². The summed E-state index contributed by atoms with van der Waals surface area (Å²) in [7, 11) is 0. The number of nitrogens with one attached hydrogen (secondary N) is 1. The first-order valence-electron chi connectivity index (χ1n) is 6.52. The van der Waals surface area contributed by atoms with Crippen LogP contribution in [-0.2, 0) is 4.74 Å². The molecular formula is C14H17ClFNO. The van der Waals surface area contributed by atoms with Gasteiger partial charge < -0.3 is 10.1 Å². The van der Waals surface area contributed by atoms with Crippen molar-refractivity contribution in [3.8, 4) is 0 Å². The smallest absolute Gasteiger partial charge is 0.124 e. The van der Waals surface area contributed by atoms with Crippen molar-refractivity contribution in [2.45, 2.75) is 37.4 Å². The lowest BCUT2D eigenvalue weighted by Gasteiger charge is -2.39. The lowest BCUT2D eigenvalue weighted by atomic mass is 9.97. The van der Waals surface area contributed by atoms with Crippen LogP contribution in [0.3, 0.4) is 0 Å². The van der Waals surface area contributed by atoms with Gasteiger partial charge in [0.05, 0.1) is 11.7 Å². The normalized spacial score (nSPS) is 26.7. The third-order valence-electron chi connectivity index (χ3n) is 3.99. The molecule has 1 aliphatic heterocycles. The van der Waals surface area contributed by atoms with Gasteiger partial charge in [0.25, 0.3) is 0 Å². The first-order valence-corrected chi connectivity index (χ1v) is 6.90.